The molecule has 0 spiro atoms. The molecular weight excluding hydrogens is 332 g/mol. The Bertz CT molecular complexity index is 833. The number of nitrogens with zero attached hydrogens (tertiary/aromatic N) is 2. The van der Waals surface area contributed by atoms with Crippen LogP contribution in [0.5, 0.6) is 0 Å². The largest absolute Gasteiger partial charge is 0.413 e. The van der Waals surface area contributed by atoms with Crippen LogP contribution in [0.4, 0.5) is 5.69 Å². The van der Waals surface area contributed by atoms with Gasteiger partial charge in [-0.15, -0.1) is 0 Å². The maximum absolute atomic E-state index is 12.3. The van der Waals surface area contributed by atoms with Gasteiger partial charge in [-0.3, -0.25) is 14.9 Å². The van der Waals surface area contributed by atoms with Gasteiger partial charge in [-0.05, 0) is 17.7 Å². The van der Waals surface area contributed by atoms with Crippen LogP contribution in [0.25, 0.3) is 5.57 Å². The monoisotopic (exact) mass is 353 g/mol. The number of carbonyl (C=O) groups is 3. The molecule has 0 saturated carbocycles. The van der Waals surface area contributed by atoms with Crippen LogP contribution in [-0.4, -0.2) is 60.7 Å². The minimum Gasteiger partial charge on any atom is -0.369 e. The number of imide groups is 1. The van der Waals surface area contributed by atoms with Crippen molar-refractivity contribution in [1.29, 1.82) is 0 Å². The molecule has 3 heterocycles. The van der Waals surface area contributed by atoms with Crippen LogP contribution >= 0.6 is 0 Å². The fourth-order valence-electron chi connectivity index (χ4n) is 3.60. The van der Waals surface area contributed by atoms with Gasteiger partial charge in [0.25, 0.3) is 5.71 Å². The van der Waals surface area contributed by atoms with Gasteiger partial charge in [-0.1, -0.05) is 12.1 Å². The van der Waals surface area contributed by atoms with Crippen molar-refractivity contribution < 1.29 is 19.0 Å². The highest BCUT2D eigenvalue weighted by Crippen LogP contribution is 2.24. The normalized spacial score (nSPS) is 23.9. The summed E-state index contributed by atoms with van der Waals surface area (Å²) >= 11 is 0. The van der Waals surface area contributed by atoms with Gasteiger partial charge in [-0.25, -0.2) is 4.79 Å². The number of rotatable bonds is 2. The van der Waals surface area contributed by atoms with E-state index in [1.807, 2.05) is 12.1 Å². The second kappa shape index (κ2) is 6.84. The number of piperidine rings is 1. The van der Waals surface area contributed by atoms with E-state index in [4.69, 9.17) is 0 Å². The lowest BCUT2D eigenvalue weighted by molar-refractivity contribution is -0.426. The number of piperazine rings is 1. The van der Waals surface area contributed by atoms with E-state index in [9.17, 15) is 14.4 Å². The summed E-state index contributed by atoms with van der Waals surface area (Å²) in [5.41, 5.74) is 3.42. The highest BCUT2D eigenvalue weighted by molar-refractivity contribution is 6.42. The minimum atomic E-state index is -0.460. The van der Waals surface area contributed by atoms with E-state index in [0.717, 1.165) is 37.3 Å². The van der Waals surface area contributed by atoms with E-state index in [1.54, 1.807) is 6.08 Å². The van der Waals surface area contributed by atoms with Gasteiger partial charge in [0, 0.05) is 50.3 Å². The molecule has 2 N–H and O–H groups in total. The first-order valence-corrected chi connectivity index (χ1v) is 8.90. The van der Waals surface area contributed by atoms with Crippen molar-refractivity contribution in [2.75, 3.05) is 37.6 Å². The molecule has 1 aromatic rings. The van der Waals surface area contributed by atoms with Crippen molar-refractivity contribution in [3.8, 4) is 0 Å². The smallest absolute Gasteiger partial charge is 0.369 e. The molecule has 0 aromatic heterocycles. The molecule has 4 rings (SSSR count). The van der Waals surface area contributed by atoms with E-state index in [0.29, 0.717) is 18.7 Å². The number of hydrogen-bond donors (Lipinski definition) is 2. The number of nitrogens with one attached hydrogen (secondary N) is 2. The molecule has 26 heavy (non-hydrogen) atoms. The van der Waals surface area contributed by atoms with Crippen molar-refractivity contribution in [3.05, 3.63) is 35.9 Å². The number of amides is 3. The highest BCUT2D eigenvalue weighted by atomic mass is 16.2. The number of carbonyl (C=O) groups excluding carboxylic acids is 3. The number of benzene rings is 1. The summed E-state index contributed by atoms with van der Waals surface area (Å²) in [5.74, 6) is -0.953. The van der Waals surface area contributed by atoms with Crippen LogP contribution < -0.4 is 15.5 Å². The summed E-state index contributed by atoms with van der Waals surface area (Å²) < 4.78 is 1.47. The molecule has 0 atom stereocenters. The summed E-state index contributed by atoms with van der Waals surface area (Å²) in [4.78, 5) is 38.0. The summed E-state index contributed by atoms with van der Waals surface area (Å²) in [6, 6.07) is 8.20. The van der Waals surface area contributed by atoms with Crippen LogP contribution in [0.3, 0.4) is 0 Å². The molecule has 3 amide bonds. The van der Waals surface area contributed by atoms with E-state index in [-0.39, 0.29) is 18.2 Å². The average Bonchev–Trinajstić information content (AvgIpc) is 3.04. The first-order valence-electron chi connectivity index (χ1n) is 8.90. The fraction of sp³-hybridized carbons (Fsp3) is 0.368. The Hall–Kier alpha value is -2.80. The Morgan fingerprint density at radius 3 is 2.38 bits per heavy atom. The van der Waals surface area contributed by atoms with Crippen LogP contribution in [0, 0.1) is 0 Å². The van der Waals surface area contributed by atoms with Gasteiger partial charge in [0.05, 0.1) is 6.08 Å². The molecule has 134 valence electrons. The van der Waals surface area contributed by atoms with Crippen molar-refractivity contribution in [3.63, 3.8) is 0 Å². The quantitative estimate of drug-likeness (QED) is 0.574. The predicted molar refractivity (Wildman–Crippen MR) is 97.0 cm³/mol. The van der Waals surface area contributed by atoms with Crippen LogP contribution in [0.1, 0.15) is 18.4 Å². The highest BCUT2D eigenvalue weighted by Gasteiger charge is 2.37. The van der Waals surface area contributed by atoms with Crippen molar-refractivity contribution in [1.82, 2.24) is 10.6 Å². The molecule has 2 saturated heterocycles. The maximum atomic E-state index is 12.3. The second-order valence-corrected chi connectivity index (χ2v) is 6.70. The Kier molecular flexibility index (Phi) is 4.38. The van der Waals surface area contributed by atoms with E-state index < -0.39 is 5.91 Å². The van der Waals surface area contributed by atoms with Crippen molar-refractivity contribution in [2.45, 2.75) is 12.8 Å². The molecule has 3 aliphatic heterocycles. The van der Waals surface area contributed by atoms with Crippen LogP contribution in [0.15, 0.2) is 30.3 Å². The summed E-state index contributed by atoms with van der Waals surface area (Å²) in [6.07, 6.45) is 2.12. The number of anilines is 1. The molecule has 0 bridgehead atoms. The van der Waals surface area contributed by atoms with Crippen LogP contribution in [0.2, 0.25) is 0 Å². The summed E-state index contributed by atoms with van der Waals surface area (Å²) in [5, 5.41) is 5.62. The molecular formula is C19H21N4O3+. The van der Waals surface area contributed by atoms with Gasteiger partial charge in [0.15, 0.2) is 6.54 Å². The zero-order chi connectivity index (χ0) is 18.1. The van der Waals surface area contributed by atoms with Crippen LogP contribution in [-0.2, 0) is 14.4 Å². The molecule has 0 aliphatic carbocycles. The van der Waals surface area contributed by atoms with E-state index in [1.165, 1.54) is 10.3 Å². The van der Waals surface area contributed by atoms with E-state index in [2.05, 4.69) is 27.7 Å². The lowest BCUT2D eigenvalue weighted by atomic mass is 10.1. The van der Waals surface area contributed by atoms with Crippen molar-refractivity contribution in [2.24, 2.45) is 0 Å². The van der Waals surface area contributed by atoms with Gasteiger partial charge in [0.2, 0.25) is 5.91 Å². The lowest BCUT2D eigenvalue weighted by Gasteiger charge is -2.29. The Morgan fingerprint density at radius 1 is 0.962 bits per heavy atom. The third kappa shape index (κ3) is 3.17. The van der Waals surface area contributed by atoms with Gasteiger partial charge >= 0.3 is 11.8 Å². The molecule has 7 heteroatoms. The van der Waals surface area contributed by atoms with E-state index >= 15 is 0 Å². The van der Waals surface area contributed by atoms with Gasteiger partial charge in [-0.2, -0.15) is 4.58 Å². The molecule has 1 aromatic carbocycles. The van der Waals surface area contributed by atoms with Gasteiger partial charge in [0.1, 0.15) is 0 Å². The summed E-state index contributed by atoms with van der Waals surface area (Å²) in [7, 11) is 0. The zero-order valence-electron chi connectivity index (χ0n) is 14.5. The minimum absolute atomic E-state index is 0.203. The predicted octanol–water partition coefficient (Wildman–Crippen LogP) is -0.0901. The first-order chi connectivity index (χ1) is 12.6. The first kappa shape index (κ1) is 16.7. The third-order valence-electron chi connectivity index (χ3n) is 5.04. The number of hydrogen-bond acceptors (Lipinski definition) is 5. The Balaban J connectivity index is 1.52. The Labute approximate surface area is 151 Å². The molecule has 3 aliphatic rings. The molecule has 7 nitrogen and oxygen atoms in total. The standard InChI is InChI=1S/C19H20N4O3/c24-17-6-5-16(19(26)21-17)23-12-14(11-18(23)25)13-1-3-15(4-2-13)22-9-7-20-8-10-22/h1-4,11,20H,5-10,12H2/p+1/b23-16-. The summed E-state index contributed by atoms with van der Waals surface area (Å²) in [6.45, 7) is 4.31. The van der Waals surface area contributed by atoms with Crippen molar-refractivity contribution >= 4 is 34.7 Å². The third-order valence-corrected chi connectivity index (χ3v) is 5.04. The zero-order valence-corrected chi connectivity index (χ0v) is 14.5. The second-order valence-electron chi connectivity index (χ2n) is 6.70. The molecule has 0 radical (unpaired) electrons. The maximum Gasteiger partial charge on any atom is 0.413 e. The molecule has 2 fully saturated rings. The Morgan fingerprint density at radius 2 is 1.69 bits per heavy atom. The average molecular weight is 353 g/mol. The lowest BCUT2D eigenvalue weighted by Crippen LogP contribution is -2.45. The van der Waals surface area contributed by atoms with Gasteiger partial charge < -0.3 is 10.2 Å². The topological polar surface area (TPSA) is 81.5 Å². The fourth-order valence-corrected chi connectivity index (χ4v) is 3.60. The molecule has 0 unspecified atom stereocenters. The SMILES string of the molecule is O=C1CC/C(=[N+]2\CC(c3ccc(N4CCNCC4)cc3)=CC2=O)C(=O)N1.